The van der Waals surface area contributed by atoms with Crippen LogP contribution in [0, 0.1) is 6.92 Å². The van der Waals surface area contributed by atoms with Gasteiger partial charge in [-0.25, -0.2) is 0 Å². The molecule has 0 amide bonds. The van der Waals surface area contributed by atoms with Crippen LogP contribution in [0.1, 0.15) is 28.4 Å². The molecule has 2 aromatic carbocycles. The summed E-state index contributed by atoms with van der Waals surface area (Å²) in [7, 11) is 0. The lowest BCUT2D eigenvalue weighted by atomic mass is 10.0. The third-order valence-corrected chi connectivity index (χ3v) is 3.71. The van der Waals surface area contributed by atoms with Crippen molar-refractivity contribution in [2.24, 2.45) is 0 Å². The molecule has 0 aliphatic heterocycles. The van der Waals surface area contributed by atoms with Gasteiger partial charge in [0.15, 0.2) is 5.78 Å². The number of fused-ring (bicyclic) bond motifs is 1. The summed E-state index contributed by atoms with van der Waals surface area (Å²) in [5, 5.41) is 0.529. The molecule has 4 heteroatoms. The fraction of sp³-hybridized carbons (Fsp3) is 0.158. The van der Waals surface area contributed by atoms with Crippen LogP contribution < -0.4 is 10.2 Å². The monoisotopic (exact) mass is 307 g/mol. The van der Waals surface area contributed by atoms with E-state index in [1.807, 2.05) is 26.0 Å². The fourth-order valence-corrected chi connectivity index (χ4v) is 2.53. The van der Waals surface area contributed by atoms with Crippen LogP contribution in [0.15, 0.2) is 53.5 Å². The molecule has 0 fully saturated rings. The Balaban J connectivity index is 2.03. The molecule has 1 N–H and O–H groups in total. The van der Waals surface area contributed by atoms with Crippen LogP contribution in [-0.2, 0) is 0 Å². The van der Waals surface area contributed by atoms with Gasteiger partial charge in [0, 0.05) is 22.7 Å². The number of H-pyrrole nitrogens is 1. The van der Waals surface area contributed by atoms with E-state index in [9.17, 15) is 9.59 Å². The van der Waals surface area contributed by atoms with Crippen LogP contribution in [-0.4, -0.2) is 17.4 Å². The van der Waals surface area contributed by atoms with Crippen molar-refractivity contribution in [3.05, 3.63) is 75.6 Å². The Bertz CT molecular complexity index is 923. The highest BCUT2D eigenvalue weighted by atomic mass is 16.5. The maximum absolute atomic E-state index is 12.6. The first-order chi connectivity index (χ1) is 11.1. The second-order valence-corrected chi connectivity index (χ2v) is 5.37. The van der Waals surface area contributed by atoms with E-state index in [2.05, 4.69) is 4.98 Å². The number of hydrogen-bond donors (Lipinski definition) is 1. The lowest BCUT2D eigenvalue weighted by Gasteiger charge is -2.06. The number of hydrogen-bond acceptors (Lipinski definition) is 3. The zero-order valence-electron chi connectivity index (χ0n) is 13.1. The summed E-state index contributed by atoms with van der Waals surface area (Å²) in [6.45, 7) is 4.38. The Morgan fingerprint density at radius 3 is 2.57 bits per heavy atom. The topological polar surface area (TPSA) is 59.2 Å². The SMILES string of the molecule is CCOc1ccc(C(=O)c2c[nH]c3ccc(C)cc3c2=O)cc1. The predicted molar refractivity (Wildman–Crippen MR) is 90.3 cm³/mol. The van der Waals surface area contributed by atoms with Crippen molar-refractivity contribution in [3.63, 3.8) is 0 Å². The number of ketones is 1. The number of aryl methyl sites for hydroxylation is 1. The minimum absolute atomic E-state index is 0.146. The summed E-state index contributed by atoms with van der Waals surface area (Å²) in [4.78, 5) is 28.2. The first kappa shape index (κ1) is 15.0. The van der Waals surface area contributed by atoms with Crippen molar-refractivity contribution >= 4 is 16.7 Å². The lowest BCUT2D eigenvalue weighted by Crippen LogP contribution is -2.16. The summed E-state index contributed by atoms with van der Waals surface area (Å²) < 4.78 is 5.36. The van der Waals surface area contributed by atoms with E-state index in [4.69, 9.17) is 4.74 Å². The average molecular weight is 307 g/mol. The van der Waals surface area contributed by atoms with Crippen LogP contribution in [0.2, 0.25) is 0 Å². The van der Waals surface area contributed by atoms with E-state index in [-0.39, 0.29) is 16.8 Å². The second kappa shape index (κ2) is 6.08. The average Bonchev–Trinajstić information content (AvgIpc) is 2.56. The van der Waals surface area contributed by atoms with Gasteiger partial charge >= 0.3 is 0 Å². The van der Waals surface area contributed by atoms with E-state index in [1.165, 1.54) is 6.20 Å². The molecule has 0 unspecified atom stereocenters. The molecule has 0 aliphatic carbocycles. The molecule has 0 bridgehead atoms. The first-order valence-electron chi connectivity index (χ1n) is 7.49. The quantitative estimate of drug-likeness (QED) is 0.751. The third kappa shape index (κ3) is 2.88. The number of benzene rings is 2. The molecule has 116 valence electrons. The van der Waals surface area contributed by atoms with Crippen molar-refractivity contribution in [1.82, 2.24) is 4.98 Å². The molecule has 3 aromatic rings. The molecule has 3 rings (SSSR count). The normalized spacial score (nSPS) is 10.7. The smallest absolute Gasteiger partial charge is 0.200 e. The van der Waals surface area contributed by atoms with E-state index < -0.39 is 0 Å². The highest BCUT2D eigenvalue weighted by Gasteiger charge is 2.15. The van der Waals surface area contributed by atoms with E-state index >= 15 is 0 Å². The van der Waals surface area contributed by atoms with Crippen LogP contribution in [0.4, 0.5) is 0 Å². The number of pyridine rings is 1. The van der Waals surface area contributed by atoms with Crippen LogP contribution in [0.3, 0.4) is 0 Å². The van der Waals surface area contributed by atoms with Gasteiger partial charge in [-0.15, -0.1) is 0 Å². The molecule has 0 aliphatic rings. The zero-order valence-corrected chi connectivity index (χ0v) is 13.1. The molecule has 0 saturated heterocycles. The molecule has 0 saturated carbocycles. The Labute approximate surface area is 133 Å². The molecule has 1 aromatic heterocycles. The van der Waals surface area contributed by atoms with Gasteiger partial charge in [-0.2, -0.15) is 0 Å². The van der Waals surface area contributed by atoms with Crippen LogP contribution in [0.25, 0.3) is 10.9 Å². The van der Waals surface area contributed by atoms with Gasteiger partial charge in [-0.05, 0) is 50.2 Å². The van der Waals surface area contributed by atoms with E-state index in [1.54, 1.807) is 30.3 Å². The number of carbonyl (C=O) groups excluding carboxylic acids is 1. The summed E-state index contributed by atoms with van der Waals surface area (Å²) in [6.07, 6.45) is 1.48. The molecular weight excluding hydrogens is 290 g/mol. The number of ether oxygens (including phenoxy) is 1. The zero-order chi connectivity index (χ0) is 16.4. The molecule has 4 nitrogen and oxygen atoms in total. The predicted octanol–water partition coefficient (Wildman–Crippen LogP) is 3.47. The Hall–Kier alpha value is -2.88. The van der Waals surface area contributed by atoms with Gasteiger partial charge in [-0.1, -0.05) is 11.6 Å². The molecule has 1 heterocycles. The van der Waals surface area contributed by atoms with Gasteiger partial charge in [0.2, 0.25) is 5.43 Å². The summed E-state index contributed by atoms with van der Waals surface area (Å²) >= 11 is 0. The van der Waals surface area contributed by atoms with Crippen molar-refractivity contribution in [2.45, 2.75) is 13.8 Å². The second-order valence-electron chi connectivity index (χ2n) is 5.37. The van der Waals surface area contributed by atoms with E-state index in [0.717, 1.165) is 11.1 Å². The minimum Gasteiger partial charge on any atom is -0.494 e. The highest BCUT2D eigenvalue weighted by molar-refractivity contribution is 6.10. The van der Waals surface area contributed by atoms with Gasteiger partial charge in [0.05, 0.1) is 12.2 Å². The lowest BCUT2D eigenvalue weighted by molar-refractivity contribution is 0.103. The summed E-state index contributed by atoms with van der Waals surface area (Å²) in [5.41, 5.74) is 2.07. The van der Waals surface area contributed by atoms with Gasteiger partial charge in [-0.3, -0.25) is 9.59 Å². The van der Waals surface area contributed by atoms with E-state index in [0.29, 0.717) is 23.3 Å². The van der Waals surface area contributed by atoms with Crippen molar-refractivity contribution in [1.29, 1.82) is 0 Å². The number of rotatable bonds is 4. The highest BCUT2D eigenvalue weighted by Crippen LogP contribution is 2.16. The van der Waals surface area contributed by atoms with Crippen LogP contribution >= 0.6 is 0 Å². The first-order valence-corrected chi connectivity index (χ1v) is 7.49. The van der Waals surface area contributed by atoms with Crippen molar-refractivity contribution < 1.29 is 9.53 Å². The minimum atomic E-state index is -0.294. The molecular formula is C19H17NO3. The number of aromatic nitrogens is 1. The Morgan fingerprint density at radius 1 is 1.13 bits per heavy atom. The van der Waals surface area contributed by atoms with Crippen molar-refractivity contribution in [3.8, 4) is 5.75 Å². The number of carbonyl (C=O) groups is 1. The fourth-order valence-electron chi connectivity index (χ4n) is 2.53. The Morgan fingerprint density at radius 2 is 1.87 bits per heavy atom. The molecule has 0 spiro atoms. The van der Waals surface area contributed by atoms with Gasteiger partial charge < -0.3 is 9.72 Å². The largest absolute Gasteiger partial charge is 0.494 e. The number of aromatic amines is 1. The molecule has 0 atom stereocenters. The van der Waals surface area contributed by atoms with Gasteiger partial charge in [0.25, 0.3) is 0 Å². The van der Waals surface area contributed by atoms with Crippen molar-refractivity contribution in [2.75, 3.05) is 6.61 Å². The van der Waals surface area contributed by atoms with Crippen LogP contribution in [0.5, 0.6) is 5.75 Å². The molecule has 0 radical (unpaired) electrons. The maximum Gasteiger partial charge on any atom is 0.200 e. The Kier molecular flexibility index (Phi) is 3.98. The standard InChI is InChI=1S/C19H17NO3/c1-3-23-14-7-5-13(6-8-14)18(21)16-11-20-17-9-4-12(2)10-15(17)19(16)22/h4-11H,3H2,1-2H3,(H,20,22). The third-order valence-electron chi connectivity index (χ3n) is 3.71. The maximum atomic E-state index is 12.6. The number of nitrogens with one attached hydrogen (secondary N) is 1. The van der Waals surface area contributed by atoms with Gasteiger partial charge in [0.1, 0.15) is 5.75 Å². The molecule has 23 heavy (non-hydrogen) atoms. The summed E-state index contributed by atoms with van der Waals surface area (Å²) in [6, 6.07) is 12.4. The summed E-state index contributed by atoms with van der Waals surface area (Å²) in [5.74, 6) is 0.407.